The van der Waals surface area contributed by atoms with Crippen LogP contribution in [-0.2, 0) is 17.1 Å². The number of hydrogen-bond donors (Lipinski definition) is 0. The van der Waals surface area contributed by atoms with Crippen LogP contribution in [0.2, 0.25) is 5.02 Å². The number of sulfonamides is 1. The summed E-state index contributed by atoms with van der Waals surface area (Å²) in [5.41, 5.74) is 0.926. The van der Waals surface area contributed by atoms with Gasteiger partial charge in [-0.25, -0.2) is 8.42 Å². The fourth-order valence-electron chi connectivity index (χ4n) is 3.04. The molecule has 1 saturated heterocycles. The van der Waals surface area contributed by atoms with Crippen LogP contribution < -0.4 is 4.74 Å². The Morgan fingerprint density at radius 2 is 2.12 bits per heavy atom. The molecule has 3 rings (SSSR count). The third-order valence-corrected chi connectivity index (χ3v) is 6.40. The molecule has 24 heavy (non-hydrogen) atoms. The molecule has 0 N–H and O–H groups in total. The third-order valence-electron chi connectivity index (χ3n) is 4.28. The largest absolute Gasteiger partial charge is 0.495 e. The number of piperidine rings is 1. The Morgan fingerprint density at radius 1 is 1.33 bits per heavy atom. The van der Waals surface area contributed by atoms with E-state index in [1.165, 1.54) is 17.5 Å². The van der Waals surface area contributed by atoms with Crippen LogP contribution >= 0.6 is 11.6 Å². The van der Waals surface area contributed by atoms with Crippen molar-refractivity contribution in [2.75, 3.05) is 20.2 Å². The highest BCUT2D eigenvalue weighted by Gasteiger charge is 2.33. The van der Waals surface area contributed by atoms with Crippen molar-refractivity contribution in [1.82, 2.24) is 14.1 Å². The zero-order chi connectivity index (χ0) is 17.3. The monoisotopic (exact) mass is 369 g/mol. The van der Waals surface area contributed by atoms with Crippen molar-refractivity contribution in [2.45, 2.75) is 23.7 Å². The van der Waals surface area contributed by atoms with Crippen LogP contribution in [0.4, 0.5) is 0 Å². The zero-order valence-electron chi connectivity index (χ0n) is 13.6. The molecule has 1 atom stereocenters. The van der Waals surface area contributed by atoms with Gasteiger partial charge in [-0.15, -0.1) is 0 Å². The van der Waals surface area contributed by atoms with Crippen molar-refractivity contribution in [2.24, 2.45) is 7.05 Å². The van der Waals surface area contributed by atoms with Gasteiger partial charge in [0.25, 0.3) is 0 Å². The Labute approximate surface area is 147 Å². The minimum atomic E-state index is -3.67. The summed E-state index contributed by atoms with van der Waals surface area (Å²) >= 11 is 5.99. The first-order valence-electron chi connectivity index (χ1n) is 7.75. The number of ether oxygens (including phenoxy) is 1. The van der Waals surface area contributed by atoms with Gasteiger partial charge in [0.05, 0.1) is 12.8 Å². The first-order valence-corrected chi connectivity index (χ1v) is 9.57. The van der Waals surface area contributed by atoms with Crippen LogP contribution in [0.3, 0.4) is 0 Å². The molecule has 0 aliphatic carbocycles. The minimum absolute atomic E-state index is 0.0971. The Balaban J connectivity index is 1.91. The third kappa shape index (κ3) is 3.29. The summed E-state index contributed by atoms with van der Waals surface area (Å²) in [5, 5.41) is 4.79. The van der Waals surface area contributed by atoms with E-state index in [4.69, 9.17) is 16.3 Å². The summed E-state index contributed by atoms with van der Waals surface area (Å²) in [5.74, 6) is 0.402. The van der Waals surface area contributed by atoms with Gasteiger partial charge in [0, 0.05) is 37.3 Å². The van der Waals surface area contributed by atoms with E-state index in [0.717, 1.165) is 18.5 Å². The molecule has 6 nitrogen and oxygen atoms in total. The maximum atomic E-state index is 13.1. The molecule has 1 aliphatic heterocycles. The highest BCUT2D eigenvalue weighted by atomic mass is 35.5. The maximum absolute atomic E-state index is 13.1. The lowest BCUT2D eigenvalue weighted by molar-refractivity contribution is 0.310. The molecule has 130 valence electrons. The molecule has 8 heteroatoms. The Bertz CT molecular complexity index is 835. The molecule has 0 saturated carbocycles. The predicted molar refractivity (Wildman–Crippen MR) is 91.9 cm³/mol. The van der Waals surface area contributed by atoms with Crippen molar-refractivity contribution in [3.05, 3.63) is 41.2 Å². The summed E-state index contributed by atoms with van der Waals surface area (Å²) in [7, 11) is -0.360. The summed E-state index contributed by atoms with van der Waals surface area (Å²) in [4.78, 5) is 0.110. The normalized spacial score (nSPS) is 19.4. The van der Waals surface area contributed by atoms with E-state index in [0.29, 0.717) is 23.9 Å². The first kappa shape index (κ1) is 17.3. The highest BCUT2D eigenvalue weighted by Crippen LogP contribution is 2.33. The SMILES string of the molecule is COc1ccc(Cl)cc1S(=O)(=O)N1CCCC(c2ccn(C)n2)C1. The number of methoxy groups -OCH3 is 1. The number of nitrogens with zero attached hydrogens (tertiary/aromatic N) is 3. The second-order valence-corrected chi connectivity index (χ2v) is 8.25. The van der Waals surface area contributed by atoms with Gasteiger partial charge in [-0.05, 0) is 37.1 Å². The van der Waals surface area contributed by atoms with Gasteiger partial charge in [0.15, 0.2) is 0 Å². The number of rotatable bonds is 4. The van der Waals surface area contributed by atoms with E-state index >= 15 is 0 Å². The van der Waals surface area contributed by atoms with E-state index in [1.54, 1.807) is 16.8 Å². The van der Waals surface area contributed by atoms with Gasteiger partial charge in [-0.2, -0.15) is 9.40 Å². The van der Waals surface area contributed by atoms with E-state index in [9.17, 15) is 8.42 Å². The van der Waals surface area contributed by atoms with Crippen molar-refractivity contribution < 1.29 is 13.2 Å². The average molecular weight is 370 g/mol. The second-order valence-electron chi connectivity index (χ2n) is 5.91. The zero-order valence-corrected chi connectivity index (χ0v) is 15.2. The summed E-state index contributed by atoms with van der Waals surface area (Å²) in [6.45, 7) is 0.899. The standard InChI is InChI=1S/C16H20ClN3O3S/c1-19-9-7-14(18-19)12-4-3-8-20(11-12)24(21,22)16-10-13(17)5-6-15(16)23-2/h5-7,9-10,12H,3-4,8,11H2,1-2H3. The van der Waals surface area contributed by atoms with Gasteiger partial charge < -0.3 is 4.74 Å². The molecule has 1 fully saturated rings. The van der Waals surface area contributed by atoms with E-state index in [-0.39, 0.29) is 10.8 Å². The Kier molecular flexibility index (Phi) is 4.85. The molecule has 1 aliphatic rings. The van der Waals surface area contributed by atoms with Crippen LogP contribution in [0.25, 0.3) is 0 Å². The van der Waals surface area contributed by atoms with Crippen LogP contribution in [0, 0.1) is 0 Å². The lowest BCUT2D eigenvalue weighted by Crippen LogP contribution is -2.39. The number of aromatic nitrogens is 2. The minimum Gasteiger partial charge on any atom is -0.495 e. The fraction of sp³-hybridized carbons (Fsp3) is 0.438. The summed E-state index contributed by atoms with van der Waals surface area (Å²) < 4.78 is 34.6. The molecule has 0 radical (unpaired) electrons. The van der Waals surface area contributed by atoms with E-state index < -0.39 is 10.0 Å². The van der Waals surface area contributed by atoms with Crippen molar-refractivity contribution >= 4 is 21.6 Å². The highest BCUT2D eigenvalue weighted by molar-refractivity contribution is 7.89. The molecule has 1 aromatic heterocycles. The lowest BCUT2D eigenvalue weighted by atomic mass is 9.96. The van der Waals surface area contributed by atoms with Gasteiger partial charge in [0.2, 0.25) is 10.0 Å². The predicted octanol–water partition coefficient (Wildman–Crippen LogP) is 2.65. The average Bonchev–Trinajstić information content (AvgIpc) is 3.01. The smallest absolute Gasteiger partial charge is 0.246 e. The topological polar surface area (TPSA) is 64.4 Å². The molecule has 0 bridgehead atoms. The van der Waals surface area contributed by atoms with Crippen LogP contribution in [0.5, 0.6) is 5.75 Å². The summed E-state index contributed by atoms with van der Waals surface area (Å²) in [6, 6.07) is 6.59. The van der Waals surface area contributed by atoms with Crippen molar-refractivity contribution in [1.29, 1.82) is 0 Å². The van der Waals surface area contributed by atoms with Gasteiger partial charge in [-0.3, -0.25) is 4.68 Å². The molecule has 2 heterocycles. The first-order chi connectivity index (χ1) is 11.4. The van der Waals surface area contributed by atoms with E-state index in [1.807, 2.05) is 19.3 Å². The number of aryl methyl sites for hydroxylation is 1. The van der Waals surface area contributed by atoms with Crippen LogP contribution in [0.1, 0.15) is 24.5 Å². The van der Waals surface area contributed by atoms with Gasteiger partial charge in [-0.1, -0.05) is 11.6 Å². The van der Waals surface area contributed by atoms with Crippen LogP contribution in [0.15, 0.2) is 35.4 Å². The fourth-order valence-corrected chi connectivity index (χ4v) is 4.99. The second kappa shape index (κ2) is 6.74. The van der Waals surface area contributed by atoms with Crippen LogP contribution in [-0.4, -0.2) is 42.7 Å². The molecule has 0 amide bonds. The molecule has 1 unspecified atom stereocenters. The van der Waals surface area contributed by atoms with Crippen molar-refractivity contribution in [3.8, 4) is 5.75 Å². The Hall–Kier alpha value is -1.57. The molecule has 1 aromatic carbocycles. The molecular weight excluding hydrogens is 350 g/mol. The van der Waals surface area contributed by atoms with Crippen molar-refractivity contribution in [3.63, 3.8) is 0 Å². The van der Waals surface area contributed by atoms with Gasteiger partial charge in [0.1, 0.15) is 10.6 Å². The van der Waals surface area contributed by atoms with E-state index in [2.05, 4.69) is 5.10 Å². The Morgan fingerprint density at radius 3 is 2.79 bits per heavy atom. The molecule has 0 spiro atoms. The quantitative estimate of drug-likeness (QED) is 0.831. The maximum Gasteiger partial charge on any atom is 0.246 e. The lowest BCUT2D eigenvalue weighted by Gasteiger charge is -2.31. The summed E-state index contributed by atoms with van der Waals surface area (Å²) in [6.07, 6.45) is 3.60. The van der Waals surface area contributed by atoms with Gasteiger partial charge >= 0.3 is 0 Å². The number of halogens is 1. The molecular formula is C16H20ClN3O3S. The molecule has 2 aromatic rings. The number of hydrogen-bond acceptors (Lipinski definition) is 4. The number of benzene rings is 1.